The zero-order valence-corrected chi connectivity index (χ0v) is 11.7. The average molecular weight is 307 g/mol. The molecule has 0 saturated heterocycles. The molecule has 1 aromatic heterocycles. The van der Waals surface area contributed by atoms with Gasteiger partial charge in [-0.05, 0) is 24.3 Å². The van der Waals surface area contributed by atoms with Crippen LogP contribution in [-0.2, 0) is 0 Å². The smallest absolute Gasteiger partial charge is 0.287 e. The number of ether oxygens (including phenoxy) is 1. The number of hydrazone groups is 1. The van der Waals surface area contributed by atoms with Gasteiger partial charge < -0.3 is 4.74 Å². The minimum absolute atomic E-state index is 0.0824. The summed E-state index contributed by atoms with van der Waals surface area (Å²) in [7, 11) is 1.55. The second-order valence-corrected chi connectivity index (χ2v) is 4.35. The highest BCUT2D eigenvalue weighted by Gasteiger charge is 2.04. The lowest BCUT2D eigenvalue weighted by Crippen LogP contribution is -1.96. The Morgan fingerprint density at radius 1 is 1.43 bits per heavy atom. The van der Waals surface area contributed by atoms with Gasteiger partial charge >= 0.3 is 0 Å². The monoisotopic (exact) mass is 306 g/mol. The van der Waals surface area contributed by atoms with E-state index in [1.165, 1.54) is 18.3 Å². The highest BCUT2D eigenvalue weighted by molar-refractivity contribution is 6.30. The number of hydrogen-bond donors (Lipinski definition) is 1. The van der Waals surface area contributed by atoms with Gasteiger partial charge in [0.05, 0.1) is 18.2 Å². The van der Waals surface area contributed by atoms with E-state index in [0.29, 0.717) is 22.2 Å². The minimum Gasteiger partial charge on any atom is -0.496 e. The predicted molar refractivity (Wildman–Crippen MR) is 80.1 cm³/mol. The molecule has 0 fully saturated rings. The molecule has 0 unspecified atom stereocenters. The lowest BCUT2D eigenvalue weighted by molar-refractivity contribution is -0.385. The van der Waals surface area contributed by atoms with Gasteiger partial charge in [-0.15, -0.1) is 0 Å². The molecule has 0 bridgehead atoms. The summed E-state index contributed by atoms with van der Waals surface area (Å²) >= 11 is 5.90. The Balaban J connectivity index is 2.08. The lowest BCUT2D eigenvalue weighted by Gasteiger charge is -2.04. The van der Waals surface area contributed by atoms with Gasteiger partial charge in [-0.3, -0.25) is 15.5 Å². The molecule has 0 aliphatic rings. The van der Waals surface area contributed by atoms with Gasteiger partial charge in [-0.25, -0.2) is 4.98 Å². The molecule has 108 valence electrons. The Morgan fingerprint density at radius 2 is 2.24 bits per heavy atom. The van der Waals surface area contributed by atoms with E-state index >= 15 is 0 Å². The Hall–Kier alpha value is -2.67. The van der Waals surface area contributed by atoms with Gasteiger partial charge in [0.2, 0.25) is 0 Å². The number of nitro groups is 1. The highest BCUT2D eigenvalue weighted by Crippen LogP contribution is 2.21. The number of rotatable bonds is 5. The fourth-order valence-corrected chi connectivity index (χ4v) is 1.71. The molecule has 2 aromatic rings. The van der Waals surface area contributed by atoms with Gasteiger partial charge in [-0.2, -0.15) is 5.10 Å². The SMILES string of the molecule is COc1ccc(Cl)cc1/C=N/Nc1ccc([N+](=O)[O-])cn1. The molecule has 7 nitrogen and oxygen atoms in total. The van der Waals surface area contributed by atoms with E-state index in [1.54, 1.807) is 25.3 Å². The number of anilines is 1. The molecule has 21 heavy (non-hydrogen) atoms. The van der Waals surface area contributed by atoms with E-state index < -0.39 is 4.92 Å². The quantitative estimate of drug-likeness (QED) is 0.521. The van der Waals surface area contributed by atoms with Crippen molar-refractivity contribution in [1.29, 1.82) is 0 Å². The highest BCUT2D eigenvalue weighted by atomic mass is 35.5. The number of benzene rings is 1. The first-order valence-electron chi connectivity index (χ1n) is 5.83. The van der Waals surface area contributed by atoms with Crippen LogP contribution >= 0.6 is 11.6 Å². The standard InChI is InChI=1S/C13H11ClN4O3/c1-21-12-4-2-10(14)6-9(12)7-16-17-13-5-3-11(8-15-13)18(19)20/h2-8H,1H3,(H,15,17)/b16-7+. The van der Waals surface area contributed by atoms with Crippen molar-refractivity contribution in [3.8, 4) is 5.75 Å². The van der Waals surface area contributed by atoms with Crippen molar-refractivity contribution in [2.45, 2.75) is 0 Å². The largest absolute Gasteiger partial charge is 0.496 e. The molecule has 0 aliphatic heterocycles. The number of hydrogen-bond acceptors (Lipinski definition) is 6. The van der Waals surface area contributed by atoms with Crippen molar-refractivity contribution in [3.63, 3.8) is 0 Å². The van der Waals surface area contributed by atoms with Crippen LogP contribution < -0.4 is 10.2 Å². The van der Waals surface area contributed by atoms with Crippen molar-refractivity contribution in [3.05, 3.63) is 57.2 Å². The maximum absolute atomic E-state index is 10.5. The summed E-state index contributed by atoms with van der Waals surface area (Å²) in [6, 6.07) is 7.95. The van der Waals surface area contributed by atoms with Crippen LogP contribution in [0.25, 0.3) is 0 Å². The summed E-state index contributed by atoms with van der Waals surface area (Å²) in [4.78, 5) is 13.9. The van der Waals surface area contributed by atoms with Crippen molar-refractivity contribution >= 4 is 29.3 Å². The molecule has 0 amide bonds. The Labute approximate surface area is 125 Å². The van der Waals surface area contributed by atoms with Crippen LogP contribution in [0.15, 0.2) is 41.6 Å². The van der Waals surface area contributed by atoms with Crippen LogP contribution in [0, 0.1) is 10.1 Å². The van der Waals surface area contributed by atoms with E-state index in [-0.39, 0.29) is 5.69 Å². The van der Waals surface area contributed by atoms with E-state index in [9.17, 15) is 10.1 Å². The summed E-state index contributed by atoms with van der Waals surface area (Å²) in [6.07, 6.45) is 2.67. The van der Waals surface area contributed by atoms with E-state index in [0.717, 1.165) is 6.20 Å². The number of methoxy groups -OCH3 is 1. The average Bonchev–Trinajstić information content (AvgIpc) is 2.48. The van der Waals surface area contributed by atoms with E-state index in [2.05, 4.69) is 15.5 Å². The van der Waals surface area contributed by atoms with Crippen LogP contribution in [0.1, 0.15) is 5.56 Å². The Bertz CT molecular complexity index is 674. The lowest BCUT2D eigenvalue weighted by atomic mass is 10.2. The van der Waals surface area contributed by atoms with Gasteiger partial charge in [0, 0.05) is 16.7 Å². The Kier molecular flexibility index (Phi) is 4.68. The van der Waals surface area contributed by atoms with Crippen LogP contribution in [0.2, 0.25) is 5.02 Å². The van der Waals surface area contributed by atoms with Gasteiger partial charge in [0.25, 0.3) is 5.69 Å². The van der Waals surface area contributed by atoms with E-state index in [4.69, 9.17) is 16.3 Å². The maximum Gasteiger partial charge on any atom is 0.287 e. The van der Waals surface area contributed by atoms with Crippen molar-refractivity contribution in [2.75, 3.05) is 12.5 Å². The zero-order chi connectivity index (χ0) is 15.2. The Morgan fingerprint density at radius 3 is 2.86 bits per heavy atom. The zero-order valence-electron chi connectivity index (χ0n) is 11.0. The third kappa shape index (κ3) is 3.90. The molecule has 1 aromatic carbocycles. The summed E-state index contributed by atoms with van der Waals surface area (Å²) in [6.45, 7) is 0. The van der Waals surface area contributed by atoms with Crippen LogP contribution in [0.4, 0.5) is 11.5 Å². The third-order valence-corrected chi connectivity index (χ3v) is 2.77. The molecule has 0 spiro atoms. The second-order valence-electron chi connectivity index (χ2n) is 3.92. The predicted octanol–water partition coefficient (Wildman–Crippen LogP) is 3.10. The topological polar surface area (TPSA) is 89.6 Å². The number of pyridine rings is 1. The minimum atomic E-state index is -0.517. The van der Waals surface area contributed by atoms with Crippen LogP contribution in [0.3, 0.4) is 0 Å². The second kappa shape index (κ2) is 6.67. The maximum atomic E-state index is 10.5. The summed E-state index contributed by atoms with van der Waals surface area (Å²) in [5.74, 6) is 1.01. The first-order valence-corrected chi connectivity index (χ1v) is 6.21. The van der Waals surface area contributed by atoms with E-state index in [1.807, 2.05) is 0 Å². The van der Waals surface area contributed by atoms with Gasteiger partial charge in [0.1, 0.15) is 17.8 Å². The fraction of sp³-hybridized carbons (Fsp3) is 0.0769. The van der Waals surface area contributed by atoms with Crippen LogP contribution in [0.5, 0.6) is 5.75 Å². The number of nitrogens with zero attached hydrogens (tertiary/aromatic N) is 3. The first kappa shape index (κ1) is 14.7. The van der Waals surface area contributed by atoms with Gasteiger partial charge in [-0.1, -0.05) is 11.6 Å². The molecular weight excluding hydrogens is 296 g/mol. The fourth-order valence-electron chi connectivity index (χ4n) is 1.53. The molecule has 1 heterocycles. The molecule has 8 heteroatoms. The summed E-state index contributed by atoms with van der Waals surface area (Å²) < 4.78 is 5.18. The molecule has 2 rings (SSSR count). The first-order chi connectivity index (χ1) is 10.1. The molecular formula is C13H11ClN4O3. The van der Waals surface area contributed by atoms with Crippen molar-refractivity contribution in [2.24, 2.45) is 5.10 Å². The van der Waals surface area contributed by atoms with Crippen molar-refractivity contribution in [1.82, 2.24) is 4.98 Å². The third-order valence-electron chi connectivity index (χ3n) is 2.53. The molecule has 1 N–H and O–H groups in total. The van der Waals surface area contributed by atoms with Crippen molar-refractivity contribution < 1.29 is 9.66 Å². The molecule has 0 aliphatic carbocycles. The van der Waals surface area contributed by atoms with Crippen LogP contribution in [-0.4, -0.2) is 23.2 Å². The van der Waals surface area contributed by atoms with Gasteiger partial charge in [0.15, 0.2) is 0 Å². The summed E-state index contributed by atoms with van der Waals surface area (Å²) in [5.41, 5.74) is 3.28. The number of aromatic nitrogens is 1. The molecule has 0 saturated carbocycles. The normalized spacial score (nSPS) is 10.6. The summed E-state index contributed by atoms with van der Waals surface area (Å²) in [5, 5.41) is 15.1. The number of halogens is 1. The molecule has 0 atom stereocenters. The number of nitrogens with one attached hydrogen (secondary N) is 1. The molecule has 0 radical (unpaired) electrons.